The molecule has 0 radical (unpaired) electrons. The van der Waals surface area contributed by atoms with Gasteiger partial charge in [-0.3, -0.25) is 20.2 Å². The zero-order valence-corrected chi connectivity index (χ0v) is 16.8. The Labute approximate surface area is 174 Å². The third kappa shape index (κ3) is 5.71. The number of rotatable bonds is 9. The van der Waals surface area contributed by atoms with Gasteiger partial charge in [-0.15, -0.1) is 5.10 Å². The van der Waals surface area contributed by atoms with E-state index in [-0.39, 0.29) is 18.5 Å². The molecule has 1 amide bonds. The van der Waals surface area contributed by atoms with Gasteiger partial charge < -0.3 is 4.74 Å². The summed E-state index contributed by atoms with van der Waals surface area (Å²) in [6.45, 7) is 3.66. The van der Waals surface area contributed by atoms with Crippen LogP contribution in [-0.4, -0.2) is 51.2 Å². The molecule has 0 saturated heterocycles. The summed E-state index contributed by atoms with van der Waals surface area (Å²) in [7, 11) is 0. The highest BCUT2D eigenvalue weighted by atomic mass is 16.5. The summed E-state index contributed by atoms with van der Waals surface area (Å²) in [6, 6.07) is 16.6. The number of hydrogen-bond donors (Lipinski definition) is 3. The smallest absolute Gasteiger partial charge is 0.322 e. The van der Waals surface area contributed by atoms with Crippen LogP contribution in [0.2, 0.25) is 0 Å². The number of amides is 1. The van der Waals surface area contributed by atoms with Crippen molar-refractivity contribution < 1.29 is 14.3 Å². The van der Waals surface area contributed by atoms with Gasteiger partial charge in [0.2, 0.25) is 5.91 Å². The minimum absolute atomic E-state index is 0.0648. The molecule has 3 rings (SSSR count). The molecule has 1 heterocycles. The second kappa shape index (κ2) is 10.3. The van der Waals surface area contributed by atoms with Crippen LogP contribution < -0.4 is 10.6 Å². The van der Waals surface area contributed by atoms with E-state index in [0.29, 0.717) is 6.42 Å². The van der Waals surface area contributed by atoms with E-state index < -0.39 is 18.1 Å². The fourth-order valence-corrected chi connectivity index (χ4v) is 2.98. The largest absolute Gasteiger partial charge is 0.465 e. The van der Waals surface area contributed by atoms with Crippen molar-refractivity contribution in [1.82, 2.24) is 25.9 Å². The molecule has 3 N–H and O–H groups in total. The summed E-state index contributed by atoms with van der Waals surface area (Å²) in [5, 5.41) is 18.8. The molecule has 2 atom stereocenters. The predicted octanol–water partition coefficient (Wildman–Crippen LogP) is 1.96. The lowest BCUT2D eigenvalue weighted by molar-refractivity contribution is -0.145. The molecule has 0 fully saturated rings. The third-order valence-electron chi connectivity index (χ3n) is 4.49. The van der Waals surface area contributed by atoms with Gasteiger partial charge in [0.25, 0.3) is 5.95 Å². The van der Waals surface area contributed by atoms with Crippen LogP contribution in [0, 0.1) is 0 Å². The maximum atomic E-state index is 12.8. The van der Waals surface area contributed by atoms with E-state index >= 15 is 0 Å². The molecule has 0 bridgehead atoms. The highest BCUT2D eigenvalue weighted by molar-refractivity contribution is 5.94. The molecule has 9 nitrogen and oxygen atoms in total. The Hall–Kier alpha value is -3.59. The number of carbonyl (C=O) groups is 2. The lowest BCUT2D eigenvalue weighted by atomic mass is 10.00. The minimum atomic E-state index is -0.703. The summed E-state index contributed by atoms with van der Waals surface area (Å²) in [5.41, 5.74) is 3.14. The standard InChI is InChI=1S/C21H24N6O3/c1-3-30-20(29)14(2)22-18(19(28)23-21-24-26-27-25-21)13-15-9-11-17(12-10-15)16-7-5-4-6-8-16/h4-12,14,18,22H,3,13H2,1-2H3,(H2,23,24,25,26,27,28)/t14-,18-/m0/s1. The molecule has 0 spiro atoms. The van der Waals surface area contributed by atoms with E-state index in [4.69, 9.17) is 4.74 Å². The van der Waals surface area contributed by atoms with Gasteiger partial charge in [0, 0.05) is 0 Å². The quantitative estimate of drug-likeness (QED) is 0.463. The minimum Gasteiger partial charge on any atom is -0.465 e. The molecule has 156 valence electrons. The number of tetrazole rings is 1. The van der Waals surface area contributed by atoms with Gasteiger partial charge >= 0.3 is 5.97 Å². The lowest BCUT2D eigenvalue weighted by Gasteiger charge is -2.21. The third-order valence-corrected chi connectivity index (χ3v) is 4.49. The van der Waals surface area contributed by atoms with Gasteiger partial charge in [-0.25, -0.2) is 0 Å². The second-order valence-electron chi connectivity index (χ2n) is 6.68. The number of anilines is 1. The van der Waals surface area contributed by atoms with E-state index in [1.54, 1.807) is 13.8 Å². The van der Waals surface area contributed by atoms with Crippen LogP contribution in [0.4, 0.5) is 5.95 Å². The van der Waals surface area contributed by atoms with Crippen molar-refractivity contribution >= 4 is 17.8 Å². The average molecular weight is 408 g/mol. The molecule has 0 aliphatic heterocycles. The predicted molar refractivity (Wildman–Crippen MR) is 111 cm³/mol. The topological polar surface area (TPSA) is 122 Å². The van der Waals surface area contributed by atoms with Crippen molar-refractivity contribution in [2.24, 2.45) is 0 Å². The van der Waals surface area contributed by atoms with Crippen LogP contribution in [0.3, 0.4) is 0 Å². The summed E-state index contributed by atoms with van der Waals surface area (Å²) in [4.78, 5) is 24.8. The van der Waals surface area contributed by atoms with Crippen LogP contribution in [-0.2, 0) is 20.7 Å². The molecule has 30 heavy (non-hydrogen) atoms. The number of esters is 1. The van der Waals surface area contributed by atoms with Crippen LogP contribution >= 0.6 is 0 Å². The van der Waals surface area contributed by atoms with E-state index in [1.165, 1.54) is 0 Å². The van der Waals surface area contributed by atoms with Crippen LogP contribution in [0.1, 0.15) is 19.4 Å². The molecular weight excluding hydrogens is 384 g/mol. The summed E-state index contributed by atoms with van der Waals surface area (Å²) in [6.07, 6.45) is 0.364. The molecule has 0 saturated carbocycles. The number of benzene rings is 2. The first-order valence-electron chi connectivity index (χ1n) is 9.68. The van der Waals surface area contributed by atoms with E-state index in [2.05, 4.69) is 31.3 Å². The van der Waals surface area contributed by atoms with Gasteiger partial charge in [-0.05, 0) is 42.2 Å². The Morgan fingerprint density at radius 1 is 1.07 bits per heavy atom. The van der Waals surface area contributed by atoms with Crippen molar-refractivity contribution in [2.75, 3.05) is 11.9 Å². The molecule has 1 aromatic heterocycles. The fraction of sp³-hybridized carbons (Fsp3) is 0.286. The summed E-state index contributed by atoms with van der Waals surface area (Å²) < 4.78 is 5.03. The molecule has 2 aromatic carbocycles. The SMILES string of the molecule is CCOC(=O)[C@H](C)N[C@@H](Cc1ccc(-c2ccccc2)cc1)C(=O)Nc1nn[nH]n1. The molecule has 9 heteroatoms. The number of carbonyl (C=O) groups excluding carboxylic acids is 2. The Bertz CT molecular complexity index is 945. The number of aromatic nitrogens is 4. The highest BCUT2D eigenvalue weighted by Crippen LogP contribution is 2.20. The molecular formula is C21H24N6O3. The first-order valence-corrected chi connectivity index (χ1v) is 9.68. The van der Waals surface area contributed by atoms with Crippen molar-refractivity contribution in [3.05, 3.63) is 60.2 Å². The van der Waals surface area contributed by atoms with Crippen molar-refractivity contribution in [3.63, 3.8) is 0 Å². The van der Waals surface area contributed by atoms with Crippen molar-refractivity contribution in [2.45, 2.75) is 32.4 Å². The van der Waals surface area contributed by atoms with Gasteiger partial charge in [-0.2, -0.15) is 5.21 Å². The maximum absolute atomic E-state index is 12.8. The van der Waals surface area contributed by atoms with Crippen molar-refractivity contribution in [3.8, 4) is 11.1 Å². The van der Waals surface area contributed by atoms with E-state index in [1.807, 2.05) is 54.6 Å². The lowest BCUT2D eigenvalue weighted by Crippen LogP contribution is -2.49. The molecule has 0 unspecified atom stereocenters. The summed E-state index contributed by atoms with van der Waals surface area (Å²) >= 11 is 0. The van der Waals surface area contributed by atoms with Crippen LogP contribution in [0.15, 0.2) is 54.6 Å². The van der Waals surface area contributed by atoms with Gasteiger partial charge in [0.05, 0.1) is 12.6 Å². The maximum Gasteiger partial charge on any atom is 0.322 e. The number of H-pyrrole nitrogens is 1. The Morgan fingerprint density at radius 3 is 2.40 bits per heavy atom. The number of hydrogen-bond acceptors (Lipinski definition) is 7. The first kappa shape index (κ1) is 21.1. The number of ether oxygens (including phenoxy) is 1. The molecule has 0 aliphatic rings. The Morgan fingerprint density at radius 2 is 1.77 bits per heavy atom. The first-order chi connectivity index (χ1) is 14.6. The Balaban J connectivity index is 1.73. The number of nitrogens with zero attached hydrogens (tertiary/aromatic N) is 3. The van der Waals surface area contributed by atoms with Crippen molar-refractivity contribution in [1.29, 1.82) is 0 Å². The second-order valence-corrected chi connectivity index (χ2v) is 6.68. The van der Waals surface area contributed by atoms with Crippen LogP contribution in [0.5, 0.6) is 0 Å². The Kier molecular flexibility index (Phi) is 7.23. The monoisotopic (exact) mass is 408 g/mol. The average Bonchev–Trinajstić information content (AvgIpc) is 3.27. The zero-order valence-electron chi connectivity index (χ0n) is 16.8. The molecule has 3 aromatic rings. The highest BCUT2D eigenvalue weighted by Gasteiger charge is 2.25. The number of nitrogens with one attached hydrogen (secondary N) is 3. The summed E-state index contributed by atoms with van der Waals surface area (Å²) in [5.74, 6) is -0.732. The fourth-order valence-electron chi connectivity index (χ4n) is 2.98. The number of aromatic amines is 1. The van der Waals surface area contributed by atoms with E-state index in [0.717, 1.165) is 16.7 Å². The van der Waals surface area contributed by atoms with Gasteiger partial charge in [-0.1, -0.05) is 59.7 Å². The van der Waals surface area contributed by atoms with Crippen LogP contribution in [0.25, 0.3) is 11.1 Å². The normalized spacial score (nSPS) is 12.7. The van der Waals surface area contributed by atoms with Gasteiger partial charge in [0.15, 0.2) is 0 Å². The zero-order chi connectivity index (χ0) is 21.3. The van der Waals surface area contributed by atoms with E-state index in [9.17, 15) is 9.59 Å². The molecule has 0 aliphatic carbocycles. The van der Waals surface area contributed by atoms with Gasteiger partial charge in [0.1, 0.15) is 6.04 Å².